The van der Waals surface area contributed by atoms with Crippen molar-refractivity contribution < 1.29 is 4.74 Å². The average Bonchev–Trinajstić information content (AvgIpc) is 3.13. The molecule has 0 fully saturated rings. The van der Waals surface area contributed by atoms with E-state index in [2.05, 4.69) is 220 Å². The standard InChI is InChI=1S/C44H44N2O/c1-45(2)43(39-31-19-9-20-32-39,41(35-23-11-5-12-24-35)36-25-13-6-14-26-36)47-44(46(3)4,40-33-21-10-22-34-40)42(37-27-15-7-16-28-37)38-29-17-8-18-30-38/h5-34,41-42H,1-4H3. The first-order chi connectivity index (χ1) is 23.0. The van der Waals surface area contributed by atoms with Gasteiger partial charge < -0.3 is 4.74 Å². The van der Waals surface area contributed by atoms with E-state index in [4.69, 9.17) is 4.74 Å². The van der Waals surface area contributed by atoms with Crippen LogP contribution < -0.4 is 0 Å². The van der Waals surface area contributed by atoms with Gasteiger partial charge in [0, 0.05) is 0 Å². The fraction of sp³-hybridized carbons (Fsp3) is 0.182. The van der Waals surface area contributed by atoms with Crippen LogP contribution in [0.25, 0.3) is 0 Å². The maximum atomic E-state index is 8.31. The minimum absolute atomic E-state index is 0.197. The van der Waals surface area contributed by atoms with Crippen molar-refractivity contribution in [3.05, 3.63) is 215 Å². The van der Waals surface area contributed by atoms with Crippen LogP contribution in [0, 0.1) is 0 Å². The Morgan fingerprint density at radius 2 is 0.553 bits per heavy atom. The van der Waals surface area contributed by atoms with Gasteiger partial charge in [-0.3, -0.25) is 9.80 Å². The van der Waals surface area contributed by atoms with Crippen molar-refractivity contribution in [2.75, 3.05) is 28.2 Å². The molecule has 236 valence electrons. The van der Waals surface area contributed by atoms with E-state index in [0.717, 1.165) is 11.1 Å². The number of hydrogen-bond acceptors (Lipinski definition) is 3. The molecule has 3 nitrogen and oxygen atoms in total. The van der Waals surface area contributed by atoms with Crippen molar-refractivity contribution >= 4 is 0 Å². The lowest BCUT2D eigenvalue weighted by Gasteiger charge is -2.56. The van der Waals surface area contributed by atoms with Crippen LogP contribution in [0.5, 0.6) is 0 Å². The highest BCUT2D eigenvalue weighted by atomic mass is 16.6. The molecule has 6 aromatic carbocycles. The van der Waals surface area contributed by atoms with E-state index < -0.39 is 11.4 Å². The molecule has 47 heavy (non-hydrogen) atoms. The van der Waals surface area contributed by atoms with Crippen LogP contribution in [-0.4, -0.2) is 38.0 Å². The number of hydrogen-bond donors (Lipinski definition) is 0. The van der Waals surface area contributed by atoms with Crippen molar-refractivity contribution in [1.82, 2.24) is 9.80 Å². The number of rotatable bonds is 12. The first kappa shape index (κ1) is 32.2. The molecule has 0 heterocycles. The van der Waals surface area contributed by atoms with E-state index in [1.54, 1.807) is 0 Å². The van der Waals surface area contributed by atoms with Crippen LogP contribution in [0.1, 0.15) is 45.2 Å². The second kappa shape index (κ2) is 14.3. The van der Waals surface area contributed by atoms with Crippen molar-refractivity contribution in [2.24, 2.45) is 0 Å². The Balaban J connectivity index is 1.75. The van der Waals surface area contributed by atoms with Crippen molar-refractivity contribution in [2.45, 2.75) is 23.3 Å². The normalized spacial score (nSPS) is 14.3. The molecule has 0 N–H and O–H groups in total. The molecule has 0 radical (unpaired) electrons. The molecule has 2 atom stereocenters. The highest BCUT2D eigenvalue weighted by Gasteiger charge is 2.56. The molecule has 0 aromatic heterocycles. The summed E-state index contributed by atoms with van der Waals surface area (Å²) in [4.78, 5) is 4.56. The van der Waals surface area contributed by atoms with Crippen molar-refractivity contribution in [3.63, 3.8) is 0 Å². The highest BCUT2D eigenvalue weighted by molar-refractivity contribution is 5.44. The topological polar surface area (TPSA) is 15.7 Å². The first-order valence-corrected chi connectivity index (χ1v) is 16.3. The molecular weight excluding hydrogens is 572 g/mol. The summed E-state index contributed by atoms with van der Waals surface area (Å²) in [5.74, 6) is -0.393. The summed E-state index contributed by atoms with van der Waals surface area (Å²) >= 11 is 0. The van der Waals surface area contributed by atoms with E-state index in [0.29, 0.717) is 0 Å². The van der Waals surface area contributed by atoms with Gasteiger partial charge in [-0.15, -0.1) is 0 Å². The van der Waals surface area contributed by atoms with E-state index in [1.807, 2.05) is 0 Å². The van der Waals surface area contributed by atoms with E-state index >= 15 is 0 Å². The van der Waals surface area contributed by atoms with Gasteiger partial charge in [-0.1, -0.05) is 182 Å². The van der Waals surface area contributed by atoms with Crippen LogP contribution in [0.3, 0.4) is 0 Å². The Hall–Kier alpha value is -4.80. The van der Waals surface area contributed by atoms with Gasteiger partial charge in [0.25, 0.3) is 0 Å². The summed E-state index contributed by atoms with van der Waals surface area (Å²) in [6.07, 6.45) is 0. The van der Waals surface area contributed by atoms with Gasteiger partial charge in [-0.05, 0) is 61.6 Å². The Kier molecular flexibility index (Phi) is 9.79. The van der Waals surface area contributed by atoms with Crippen LogP contribution in [-0.2, 0) is 16.2 Å². The van der Waals surface area contributed by atoms with Gasteiger partial charge in [0.2, 0.25) is 0 Å². The van der Waals surface area contributed by atoms with Crippen molar-refractivity contribution in [3.8, 4) is 0 Å². The van der Waals surface area contributed by atoms with Gasteiger partial charge in [0.15, 0.2) is 11.4 Å². The van der Waals surface area contributed by atoms with Crippen LogP contribution in [0.2, 0.25) is 0 Å². The zero-order valence-corrected chi connectivity index (χ0v) is 27.8. The zero-order valence-electron chi connectivity index (χ0n) is 27.8. The quantitative estimate of drug-likeness (QED) is 0.127. The Labute approximate surface area is 280 Å². The predicted octanol–water partition coefficient (Wildman–Crippen LogP) is 9.50. The smallest absolute Gasteiger partial charge is 0.161 e. The van der Waals surface area contributed by atoms with Crippen LogP contribution in [0.4, 0.5) is 0 Å². The third-order valence-corrected chi connectivity index (χ3v) is 9.33. The lowest BCUT2D eigenvalue weighted by atomic mass is 9.74. The van der Waals surface area contributed by atoms with Crippen LogP contribution >= 0.6 is 0 Å². The summed E-state index contributed by atoms with van der Waals surface area (Å²) in [7, 11) is 8.60. The molecule has 0 aliphatic heterocycles. The fourth-order valence-electron chi connectivity index (χ4n) is 7.25. The Morgan fingerprint density at radius 3 is 0.766 bits per heavy atom. The lowest BCUT2D eigenvalue weighted by molar-refractivity contribution is -0.288. The molecular formula is C44H44N2O. The predicted molar refractivity (Wildman–Crippen MR) is 194 cm³/mol. The molecule has 0 saturated carbocycles. The zero-order chi connectivity index (χ0) is 32.7. The second-order valence-electron chi connectivity index (χ2n) is 12.5. The van der Waals surface area contributed by atoms with E-state index in [-0.39, 0.29) is 11.8 Å². The molecule has 0 bridgehead atoms. The largest absolute Gasteiger partial charge is 0.329 e. The SMILES string of the molecule is CN(C)C(OC(c1ccccc1)(C(c1ccccc1)c1ccccc1)N(C)C)(c1ccccc1)C(c1ccccc1)c1ccccc1. The molecule has 0 aliphatic rings. The van der Waals surface area contributed by atoms with Gasteiger partial charge in [0.05, 0.1) is 11.8 Å². The van der Waals surface area contributed by atoms with E-state index in [9.17, 15) is 0 Å². The summed E-state index contributed by atoms with van der Waals surface area (Å²) < 4.78 is 8.31. The highest BCUT2D eigenvalue weighted by Crippen LogP contribution is 2.55. The van der Waals surface area contributed by atoms with Gasteiger partial charge in [-0.2, -0.15) is 0 Å². The van der Waals surface area contributed by atoms with E-state index in [1.165, 1.54) is 22.3 Å². The Bertz CT molecular complexity index is 1580. The summed E-state index contributed by atoms with van der Waals surface area (Å²) in [5.41, 5.74) is 4.88. The number of likely N-dealkylation sites (N-methyl/N-ethyl adjacent to an activating group) is 2. The summed E-state index contributed by atoms with van der Waals surface area (Å²) in [6, 6.07) is 64.7. The molecule has 6 aromatic rings. The lowest BCUT2D eigenvalue weighted by Crippen LogP contribution is -2.59. The number of ether oxygens (including phenoxy) is 1. The third kappa shape index (κ3) is 6.18. The minimum atomic E-state index is -0.980. The van der Waals surface area contributed by atoms with Crippen LogP contribution in [0.15, 0.2) is 182 Å². The second-order valence-corrected chi connectivity index (χ2v) is 12.5. The van der Waals surface area contributed by atoms with Gasteiger partial charge in [-0.25, -0.2) is 0 Å². The molecule has 0 saturated heterocycles. The first-order valence-electron chi connectivity index (χ1n) is 16.3. The molecule has 6 rings (SSSR count). The Morgan fingerprint density at radius 1 is 0.340 bits per heavy atom. The maximum absolute atomic E-state index is 8.31. The monoisotopic (exact) mass is 616 g/mol. The van der Waals surface area contributed by atoms with Gasteiger partial charge >= 0.3 is 0 Å². The molecule has 0 amide bonds. The van der Waals surface area contributed by atoms with Gasteiger partial charge in [0.1, 0.15) is 0 Å². The number of nitrogens with zero attached hydrogens (tertiary/aromatic N) is 2. The fourth-order valence-corrected chi connectivity index (χ4v) is 7.25. The molecule has 2 unspecified atom stereocenters. The molecule has 0 aliphatic carbocycles. The third-order valence-electron chi connectivity index (χ3n) is 9.33. The summed E-state index contributed by atoms with van der Waals surface area (Å²) in [5, 5.41) is 0. The summed E-state index contributed by atoms with van der Waals surface area (Å²) in [6.45, 7) is 0. The minimum Gasteiger partial charge on any atom is -0.329 e. The molecule has 3 heteroatoms. The maximum Gasteiger partial charge on any atom is 0.161 e. The van der Waals surface area contributed by atoms with Crippen molar-refractivity contribution in [1.29, 1.82) is 0 Å². The number of benzene rings is 6. The average molecular weight is 617 g/mol. The molecule has 0 spiro atoms.